The number of carbonyl (C=O) groups excluding carboxylic acids is 1. The van der Waals surface area contributed by atoms with Gasteiger partial charge in [0.1, 0.15) is 17.9 Å². The van der Waals surface area contributed by atoms with E-state index in [1.54, 1.807) is 18.6 Å². The van der Waals surface area contributed by atoms with Gasteiger partial charge < -0.3 is 9.64 Å². The third-order valence-electron chi connectivity index (χ3n) is 6.75. The number of carbonyl (C=O) groups is 1. The molecule has 184 valence electrons. The highest BCUT2D eigenvalue weighted by atomic mass is 35.5. The van der Waals surface area contributed by atoms with Crippen molar-refractivity contribution >= 4 is 28.4 Å². The number of aryl methyl sites for hydroxylation is 2. The van der Waals surface area contributed by atoms with Crippen molar-refractivity contribution in [1.29, 1.82) is 0 Å². The van der Waals surface area contributed by atoms with Crippen LogP contribution in [0.3, 0.4) is 0 Å². The molecule has 0 bridgehead atoms. The third kappa shape index (κ3) is 4.21. The van der Waals surface area contributed by atoms with Gasteiger partial charge in [0.25, 0.3) is 5.91 Å². The van der Waals surface area contributed by atoms with Gasteiger partial charge in [-0.3, -0.25) is 14.5 Å². The summed E-state index contributed by atoms with van der Waals surface area (Å²) in [6.07, 6.45) is 5.15. The summed E-state index contributed by atoms with van der Waals surface area (Å²) in [5, 5.41) is 5.81. The summed E-state index contributed by atoms with van der Waals surface area (Å²) in [7, 11) is 1.92. The smallest absolute Gasteiger partial charge is 0.254 e. The topological polar surface area (TPSA) is 73.1 Å². The van der Waals surface area contributed by atoms with Crippen molar-refractivity contribution < 1.29 is 9.53 Å². The minimum atomic E-state index is 0.0128. The molecule has 0 saturated carbocycles. The highest BCUT2D eigenvalue weighted by Gasteiger charge is 2.27. The first kappa shape index (κ1) is 23.2. The number of rotatable bonds is 6. The van der Waals surface area contributed by atoms with Gasteiger partial charge in [-0.05, 0) is 42.3 Å². The first-order valence-electron chi connectivity index (χ1n) is 12.0. The zero-order valence-corrected chi connectivity index (χ0v) is 21.2. The lowest BCUT2D eigenvalue weighted by Gasteiger charge is -2.19. The zero-order chi connectivity index (χ0) is 25.5. The molecule has 4 heterocycles. The number of pyridine rings is 2. The average molecular weight is 510 g/mol. The second kappa shape index (κ2) is 9.33. The second-order valence-corrected chi connectivity index (χ2v) is 9.58. The molecule has 7 nitrogen and oxygen atoms in total. The fourth-order valence-electron chi connectivity index (χ4n) is 4.91. The Hall–Kier alpha value is -4.23. The van der Waals surface area contributed by atoms with Crippen molar-refractivity contribution in [2.75, 3.05) is 0 Å². The van der Waals surface area contributed by atoms with Crippen LogP contribution in [0.1, 0.15) is 32.7 Å². The number of ether oxygens (including phenoxy) is 1. The van der Waals surface area contributed by atoms with Gasteiger partial charge in [0.05, 0.1) is 10.7 Å². The third-order valence-corrected chi connectivity index (χ3v) is 7.08. The number of fused-ring (bicyclic) bond motifs is 2. The Morgan fingerprint density at radius 2 is 1.92 bits per heavy atom. The van der Waals surface area contributed by atoms with Crippen LogP contribution < -0.4 is 4.74 Å². The number of halogens is 1. The van der Waals surface area contributed by atoms with Crippen LogP contribution in [0.2, 0.25) is 5.02 Å². The number of hydrogen-bond donors (Lipinski definition) is 0. The molecule has 37 heavy (non-hydrogen) atoms. The van der Waals surface area contributed by atoms with E-state index >= 15 is 0 Å². The summed E-state index contributed by atoms with van der Waals surface area (Å²) >= 11 is 6.59. The largest absolute Gasteiger partial charge is 0.487 e. The summed E-state index contributed by atoms with van der Waals surface area (Å²) in [5.74, 6) is 0.673. The first-order chi connectivity index (χ1) is 18.0. The zero-order valence-electron chi connectivity index (χ0n) is 20.5. The molecule has 0 fully saturated rings. The summed E-state index contributed by atoms with van der Waals surface area (Å²) in [6, 6.07) is 17.7. The van der Waals surface area contributed by atoms with E-state index < -0.39 is 0 Å². The first-order valence-corrected chi connectivity index (χ1v) is 12.4. The Morgan fingerprint density at radius 3 is 2.73 bits per heavy atom. The maximum atomic E-state index is 12.9. The van der Waals surface area contributed by atoms with Gasteiger partial charge in [-0.1, -0.05) is 41.9 Å². The van der Waals surface area contributed by atoms with Crippen molar-refractivity contribution in [2.24, 2.45) is 7.05 Å². The van der Waals surface area contributed by atoms with Crippen molar-refractivity contribution in [3.8, 4) is 17.0 Å². The number of aromatic nitrogens is 4. The van der Waals surface area contributed by atoms with E-state index in [4.69, 9.17) is 21.3 Å². The summed E-state index contributed by atoms with van der Waals surface area (Å²) in [5.41, 5.74) is 7.14. The van der Waals surface area contributed by atoms with E-state index in [0.717, 1.165) is 50.1 Å². The molecule has 1 aliphatic rings. The molecule has 1 aliphatic heterocycles. The molecular weight excluding hydrogens is 486 g/mol. The van der Waals surface area contributed by atoms with Crippen LogP contribution in [-0.2, 0) is 26.7 Å². The molecule has 1 amide bonds. The molecule has 0 N–H and O–H groups in total. The van der Waals surface area contributed by atoms with Gasteiger partial charge in [-0.15, -0.1) is 0 Å². The van der Waals surface area contributed by atoms with Crippen LogP contribution in [0.4, 0.5) is 0 Å². The van der Waals surface area contributed by atoms with E-state index in [-0.39, 0.29) is 12.5 Å². The molecule has 8 heteroatoms. The number of amides is 1. The minimum Gasteiger partial charge on any atom is -0.487 e. The Morgan fingerprint density at radius 1 is 1.05 bits per heavy atom. The minimum absolute atomic E-state index is 0.0128. The molecule has 0 unspecified atom stereocenters. The lowest BCUT2D eigenvalue weighted by atomic mass is 10.0. The molecule has 0 radical (unpaired) electrons. The van der Waals surface area contributed by atoms with E-state index in [1.807, 2.05) is 72.1 Å². The molecule has 3 aromatic heterocycles. The van der Waals surface area contributed by atoms with Crippen LogP contribution in [0.5, 0.6) is 5.75 Å². The van der Waals surface area contributed by atoms with Crippen LogP contribution in [0.15, 0.2) is 73.2 Å². The van der Waals surface area contributed by atoms with E-state index in [9.17, 15) is 4.79 Å². The standard InChI is InChI=1S/C29H24ClN5O2/c1-18-12-23(26-10-11-32-34(26)2)22-8-5-9-27(28(22)33-18)37-17-24-20(13-31-14-25(24)30)16-35-15-19-6-3-4-7-21(19)29(35)36/h3-14H,15-17H2,1-2H3. The SMILES string of the molecule is Cc1cc(-c2ccnn2C)c2cccc(OCc3c(Cl)cncc3CN3Cc4ccccc4C3=O)c2n1. The van der Waals surface area contributed by atoms with E-state index in [0.29, 0.717) is 23.9 Å². The lowest BCUT2D eigenvalue weighted by Crippen LogP contribution is -2.24. The molecule has 0 spiro atoms. The Balaban J connectivity index is 1.31. The number of hydrogen-bond acceptors (Lipinski definition) is 5. The van der Waals surface area contributed by atoms with Crippen molar-refractivity contribution in [2.45, 2.75) is 26.6 Å². The summed E-state index contributed by atoms with van der Waals surface area (Å²) in [4.78, 5) is 23.8. The van der Waals surface area contributed by atoms with Crippen LogP contribution in [-0.4, -0.2) is 30.6 Å². The van der Waals surface area contributed by atoms with Crippen LogP contribution >= 0.6 is 11.6 Å². The monoisotopic (exact) mass is 509 g/mol. The van der Waals surface area contributed by atoms with E-state index in [2.05, 4.69) is 16.1 Å². The van der Waals surface area contributed by atoms with E-state index in [1.165, 1.54) is 0 Å². The molecular formula is C29H24ClN5O2. The van der Waals surface area contributed by atoms with Crippen molar-refractivity contribution in [3.63, 3.8) is 0 Å². The number of nitrogens with zero attached hydrogens (tertiary/aromatic N) is 5. The van der Waals surface area contributed by atoms with Gasteiger partial charge >= 0.3 is 0 Å². The van der Waals surface area contributed by atoms with Crippen LogP contribution in [0, 0.1) is 6.92 Å². The predicted octanol–water partition coefficient (Wildman–Crippen LogP) is 5.73. The Kier molecular flexibility index (Phi) is 5.85. The highest BCUT2D eigenvalue weighted by molar-refractivity contribution is 6.31. The quantitative estimate of drug-likeness (QED) is 0.292. The fraction of sp³-hybridized carbons (Fsp3) is 0.172. The molecule has 0 atom stereocenters. The van der Waals surface area contributed by atoms with Gasteiger partial charge in [-0.25, -0.2) is 4.98 Å². The lowest BCUT2D eigenvalue weighted by molar-refractivity contribution is 0.0765. The maximum absolute atomic E-state index is 12.9. The van der Waals surface area contributed by atoms with Gasteiger partial charge in [0, 0.05) is 66.5 Å². The fourth-order valence-corrected chi connectivity index (χ4v) is 5.15. The van der Waals surface area contributed by atoms with Gasteiger partial charge in [-0.2, -0.15) is 5.10 Å². The number of para-hydroxylation sites is 1. The summed E-state index contributed by atoms with van der Waals surface area (Å²) < 4.78 is 8.19. The second-order valence-electron chi connectivity index (χ2n) is 9.17. The molecule has 5 aromatic rings. The van der Waals surface area contributed by atoms with Crippen LogP contribution in [0.25, 0.3) is 22.2 Å². The maximum Gasteiger partial charge on any atom is 0.254 e. The average Bonchev–Trinajstić information content (AvgIpc) is 3.46. The summed E-state index contributed by atoms with van der Waals surface area (Å²) in [6.45, 7) is 3.16. The normalized spacial score (nSPS) is 12.8. The van der Waals surface area contributed by atoms with Crippen molar-refractivity contribution in [1.82, 2.24) is 24.6 Å². The van der Waals surface area contributed by atoms with Crippen molar-refractivity contribution in [3.05, 3.63) is 106 Å². The van der Waals surface area contributed by atoms with Gasteiger partial charge in [0.2, 0.25) is 0 Å². The molecule has 0 aliphatic carbocycles. The molecule has 2 aromatic carbocycles. The highest BCUT2D eigenvalue weighted by Crippen LogP contribution is 2.34. The van der Waals surface area contributed by atoms with Gasteiger partial charge in [0.15, 0.2) is 0 Å². The predicted molar refractivity (Wildman–Crippen MR) is 142 cm³/mol. The Labute approximate surface area is 219 Å². The molecule has 6 rings (SSSR count). The molecule has 0 saturated heterocycles. The number of benzene rings is 2. The Bertz CT molecular complexity index is 1660.